The molecule has 19 nitrogen and oxygen atoms in total. The molecule has 5 aliphatic carbocycles. The van der Waals surface area contributed by atoms with Crippen LogP contribution in [0.15, 0.2) is 0 Å². The molecule has 0 aromatic rings. The van der Waals surface area contributed by atoms with Crippen LogP contribution in [0.25, 0.3) is 0 Å². The number of ether oxygens (including phenoxy) is 7. The van der Waals surface area contributed by atoms with Crippen LogP contribution in [0, 0.1) is 44.8 Å². The Morgan fingerprint density at radius 1 is 0.606 bits per heavy atom. The number of hydrogen-bond acceptors (Lipinski definition) is 19. The van der Waals surface area contributed by atoms with Gasteiger partial charge in [-0.2, -0.15) is 0 Å². The van der Waals surface area contributed by atoms with E-state index < -0.39 is 140 Å². The van der Waals surface area contributed by atoms with E-state index >= 15 is 0 Å². The van der Waals surface area contributed by atoms with Gasteiger partial charge in [0.1, 0.15) is 67.1 Å². The monoisotopic (exact) mass is 947 g/mol. The molecule has 12 N–H and O–H groups in total. The van der Waals surface area contributed by atoms with Crippen LogP contribution >= 0.6 is 0 Å². The minimum Gasteiger partial charge on any atom is -0.394 e. The summed E-state index contributed by atoms with van der Waals surface area (Å²) >= 11 is 0. The van der Waals surface area contributed by atoms with Crippen molar-refractivity contribution in [2.24, 2.45) is 44.8 Å². The largest absolute Gasteiger partial charge is 0.394 e. The molecule has 26 atom stereocenters. The van der Waals surface area contributed by atoms with Gasteiger partial charge in [-0.05, 0) is 117 Å². The van der Waals surface area contributed by atoms with E-state index in [0.29, 0.717) is 38.5 Å². The molecular weight excluding hydrogens is 868 g/mol. The maximum atomic E-state index is 12.3. The molecule has 9 rings (SSSR count). The first-order valence-electron chi connectivity index (χ1n) is 24.4. The van der Waals surface area contributed by atoms with Gasteiger partial charge >= 0.3 is 0 Å². The van der Waals surface area contributed by atoms with Crippen LogP contribution in [0.1, 0.15) is 106 Å². The lowest BCUT2D eigenvalue weighted by molar-refractivity contribution is -0.369. The predicted octanol–water partition coefficient (Wildman–Crippen LogP) is -1.45. The highest BCUT2D eigenvalue weighted by molar-refractivity contribution is 5.33. The van der Waals surface area contributed by atoms with E-state index in [4.69, 9.17) is 33.2 Å². The molecule has 0 radical (unpaired) electrons. The first kappa shape index (κ1) is 50.2. The lowest BCUT2D eigenvalue weighted by Gasteiger charge is -2.65. The van der Waals surface area contributed by atoms with Crippen LogP contribution in [0.3, 0.4) is 0 Å². The van der Waals surface area contributed by atoms with Gasteiger partial charge in [0, 0.05) is 5.92 Å². The van der Waals surface area contributed by atoms with Crippen LogP contribution < -0.4 is 0 Å². The third-order valence-corrected chi connectivity index (χ3v) is 19.7. The third-order valence-electron chi connectivity index (χ3n) is 19.7. The Labute approximate surface area is 386 Å². The first-order chi connectivity index (χ1) is 30.7. The van der Waals surface area contributed by atoms with E-state index in [0.717, 1.165) is 19.3 Å². The van der Waals surface area contributed by atoms with Gasteiger partial charge in [0.25, 0.3) is 0 Å². The summed E-state index contributed by atoms with van der Waals surface area (Å²) in [6.07, 6.45) is -17.6. The van der Waals surface area contributed by atoms with Gasteiger partial charge in [-0.25, -0.2) is 0 Å². The minimum absolute atomic E-state index is 0.0208. The molecule has 0 bridgehead atoms. The SMILES string of the molecule is CC(C)(O)[C@@H]1CC[C@](C)([C@H]2[C@@H](O)C[C@@]3(C)[C@@H]4C[C@H](O[C@@H]5O[C@H](CO)[C@@H](O)[C@H](O)[C@H]5O)[C@H]5C(C)(C)[C@@H](O[C@@H]6OC[C@@H](O)[C@H](O)[C@H]6O[C@@H]6O[C@H](CO)[C@@H](O)[C@H](O)[C@H]6O)CC[C@@]56C[C@@]46CC[C@]23C)O1. The number of aliphatic hydroxyl groups is 12. The molecular formula is C47H78O19. The van der Waals surface area contributed by atoms with E-state index in [1.54, 1.807) is 13.8 Å². The summed E-state index contributed by atoms with van der Waals surface area (Å²) in [5.41, 5.74) is -3.78. The Morgan fingerprint density at radius 2 is 1.21 bits per heavy atom. The molecule has 19 heteroatoms. The van der Waals surface area contributed by atoms with Crippen molar-refractivity contribution in [3.8, 4) is 0 Å². The van der Waals surface area contributed by atoms with Crippen molar-refractivity contribution in [1.82, 2.24) is 0 Å². The second-order valence-electron chi connectivity index (χ2n) is 23.9. The van der Waals surface area contributed by atoms with Crippen molar-refractivity contribution in [2.75, 3.05) is 19.8 Å². The fourth-order valence-corrected chi connectivity index (χ4v) is 16.3. The summed E-state index contributed by atoms with van der Waals surface area (Å²) in [6.45, 7) is 12.7. The van der Waals surface area contributed by atoms with Crippen LogP contribution in [0.2, 0.25) is 0 Å². The Hall–Kier alpha value is -0.760. The van der Waals surface area contributed by atoms with Crippen LogP contribution in [0.5, 0.6) is 0 Å². The Bertz CT molecular complexity index is 1760. The average Bonchev–Trinajstić information content (AvgIpc) is 3.62. The van der Waals surface area contributed by atoms with Crippen molar-refractivity contribution >= 4 is 0 Å². The molecule has 2 spiro atoms. The number of aliphatic hydroxyl groups excluding tert-OH is 11. The molecule has 0 aromatic carbocycles. The Morgan fingerprint density at radius 3 is 1.79 bits per heavy atom. The lowest BCUT2D eigenvalue weighted by atomic mass is 9.41. The summed E-state index contributed by atoms with van der Waals surface area (Å²) in [6, 6.07) is 0. The molecule has 4 saturated heterocycles. The molecule has 5 saturated carbocycles. The maximum Gasteiger partial charge on any atom is 0.187 e. The molecule has 0 amide bonds. The van der Waals surface area contributed by atoms with E-state index in [-0.39, 0.29) is 46.7 Å². The Balaban J connectivity index is 1.04. The van der Waals surface area contributed by atoms with Gasteiger partial charge in [-0.3, -0.25) is 0 Å². The van der Waals surface area contributed by atoms with Crippen LogP contribution in [0.4, 0.5) is 0 Å². The molecule has 66 heavy (non-hydrogen) atoms. The van der Waals surface area contributed by atoms with Crippen molar-refractivity contribution in [3.63, 3.8) is 0 Å². The first-order valence-corrected chi connectivity index (χ1v) is 24.4. The highest BCUT2D eigenvalue weighted by Gasteiger charge is 2.85. The summed E-state index contributed by atoms with van der Waals surface area (Å²) in [4.78, 5) is 0. The number of rotatable bonds is 10. The molecule has 0 unspecified atom stereocenters. The normalized spacial score (nSPS) is 58.0. The van der Waals surface area contributed by atoms with Crippen molar-refractivity contribution < 1.29 is 94.4 Å². The second-order valence-corrected chi connectivity index (χ2v) is 23.9. The zero-order valence-electron chi connectivity index (χ0n) is 39.3. The molecule has 9 fully saturated rings. The number of hydrogen-bond donors (Lipinski definition) is 12. The zero-order valence-corrected chi connectivity index (χ0v) is 39.3. The van der Waals surface area contributed by atoms with Crippen LogP contribution in [-0.4, -0.2) is 203 Å². The standard InChI is InChI=1S/C47H78O19/c1-41(2)26(64-40-35(28(52)21(51)18-60-40)65-39-34(58)32(56)30(54)24(17-49)63-39)9-11-47-19-46(47)13-12-43(5)36(45(7)10-8-27(66-45)42(3,4)59)20(50)15-44(43,6)25(46)14-22(37(41)47)61-38-33(57)31(55)29(53)23(16-48)62-38/h20-40,48-59H,8-19H2,1-7H3/t20-,21+,22-,23+,24+,25-,26-,27-,28-,29+,30+,31-,32-,33+,34+,35+,36-,37-,38+,39-,40-,43+,44-,45+,46-,47+/m0/s1. The molecule has 9 aliphatic rings. The second kappa shape index (κ2) is 16.9. The van der Waals surface area contributed by atoms with Gasteiger partial charge in [-0.1, -0.05) is 27.7 Å². The summed E-state index contributed by atoms with van der Waals surface area (Å²) in [7, 11) is 0. The summed E-state index contributed by atoms with van der Waals surface area (Å²) < 4.78 is 44.3. The van der Waals surface area contributed by atoms with Crippen molar-refractivity contribution in [2.45, 2.75) is 228 Å². The fourth-order valence-electron chi connectivity index (χ4n) is 16.3. The van der Waals surface area contributed by atoms with E-state index in [2.05, 4.69) is 34.6 Å². The van der Waals surface area contributed by atoms with Gasteiger partial charge in [0.05, 0.1) is 55.4 Å². The molecule has 0 aromatic heterocycles. The van der Waals surface area contributed by atoms with E-state index in [1.807, 2.05) is 0 Å². The topological polar surface area (TPSA) is 307 Å². The zero-order chi connectivity index (χ0) is 48.1. The highest BCUT2D eigenvalue weighted by Crippen LogP contribution is 2.89. The van der Waals surface area contributed by atoms with Gasteiger partial charge in [0.2, 0.25) is 0 Å². The van der Waals surface area contributed by atoms with Gasteiger partial charge in [-0.15, -0.1) is 0 Å². The smallest absolute Gasteiger partial charge is 0.187 e. The fraction of sp³-hybridized carbons (Fsp3) is 1.00. The quantitative estimate of drug-likeness (QED) is 0.112. The van der Waals surface area contributed by atoms with Crippen molar-refractivity contribution in [1.29, 1.82) is 0 Å². The van der Waals surface area contributed by atoms with E-state index in [9.17, 15) is 61.3 Å². The lowest BCUT2D eigenvalue weighted by Crippen LogP contribution is -2.66. The maximum absolute atomic E-state index is 12.3. The van der Waals surface area contributed by atoms with Gasteiger partial charge in [0.15, 0.2) is 18.9 Å². The summed E-state index contributed by atoms with van der Waals surface area (Å²) in [5, 5.41) is 130. The molecule has 380 valence electrons. The minimum atomic E-state index is -1.80. The van der Waals surface area contributed by atoms with Crippen LogP contribution in [-0.2, 0) is 33.2 Å². The van der Waals surface area contributed by atoms with Gasteiger partial charge < -0.3 is 94.4 Å². The predicted molar refractivity (Wildman–Crippen MR) is 226 cm³/mol. The van der Waals surface area contributed by atoms with Crippen molar-refractivity contribution in [3.05, 3.63) is 0 Å². The molecule has 4 heterocycles. The average molecular weight is 947 g/mol. The highest BCUT2D eigenvalue weighted by atomic mass is 16.8. The molecule has 4 aliphatic heterocycles. The van der Waals surface area contributed by atoms with E-state index in [1.165, 1.54) is 0 Å². The summed E-state index contributed by atoms with van der Waals surface area (Å²) in [5.74, 6) is -0.484. The number of fused-ring (bicyclic) bond motifs is 2. The Kier molecular flexibility index (Phi) is 12.9. The third kappa shape index (κ3) is 7.30.